The molecule has 2 atom stereocenters. The van der Waals surface area contributed by atoms with Gasteiger partial charge in [0.25, 0.3) is 0 Å². The van der Waals surface area contributed by atoms with E-state index in [4.69, 9.17) is 4.74 Å². The molecule has 5 heteroatoms. The first kappa shape index (κ1) is 12.8. The van der Waals surface area contributed by atoms with Crippen LogP contribution in [0.5, 0.6) is 0 Å². The van der Waals surface area contributed by atoms with Gasteiger partial charge in [-0.15, -0.1) is 0 Å². The molecule has 0 saturated carbocycles. The van der Waals surface area contributed by atoms with Gasteiger partial charge in [-0.1, -0.05) is 0 Å². The van der Waals surface area contributed by atoms with Crippen molar-refractivity contribution in [3.05, 3.63) is 0 Å². The third-order valence-corrected chi connectivity index (χ3v) is 3.87. The maximum absolute atomic E-state index is 11.8. The van der Waals surface area contributed by atoms with Crippen molar-refractivity contribution in [3.8, 4) is 0 Å². The van der Waals surface area contributed by atoms with Crippen LogP contribution in [0.15, 0.2) is 0 Å². The predicted molar refractivity (Wildman–Crippen MR) is 65.8 cm³/mol. The average Bonchev–Trinajstić information content (AvgIpc) is 2.26. The van der Waals surface area contributed by atoms with Gasteiger partial charge in [0.1, 0.15) is 0 Å². The fraction of sp³-hybridized carbons (Fsp3) is 0.917. The number of carbonyl (C=O) groups excluding carboxylic acids is 1. The Labute approximate surface area is 103 Å². The van der Waals surface area contributed by atoms with E-state index in [1.165, 1.54) is 0 Å². The van der Waals surface area contributed by atoms with Crippen LogP contribution in [0, 0.1) is 5.92 Å². The first-order chi connectivity index (χ1) is 8.18. The molecule has 0 radical (unpaired) electrons. The van der Waals surface area contributed by atoms with Crippen LogP contribution in [0.4, 0.5) is 0 Å². The molecule has 2 aliphatic rings. The van der Waals surface area contributed by atoms with Crippen LogP contribution < -0.4 is 10.6 Å². The minimum atomic E-state index is 0.175. The molecular formula is C12H23N3O2. The summed E-state index contributed by atoms with van der Waals surface area (Å²) in [5.41, 5.74) is 0. The number of ether oxygens (including phenoxy) is 1. The molecule has 0 spiro atoms. The van der Waals surface area contributed by atoms with Crippen molar-refractivity contribution in [2.45, 2.75) is 25.9 Å². The van der Waals surface area contributed by atoms with Crippen LogP contribution in [0.1, 0.15) is 13.8 Å². The zero-order valence-electron chi connectivity index (χ0n) is 10.7. The third-order valence-electron chi connectivity index (χ3n) is 3.87. The molecule has 2 unspecified atom stereocenters. The Hall–Kier alpha value is -0.650. The molecule has 1 amide bonds. The van der Waals surface area contributed by atoms with Gasteiger partial charge in [0.05, 0.1) is 19.1 Å². The average molecular weight is 241 g/mol. The summed E-state index contributed by atoms with van der Waals surface area (Å²) in [5.74, 6) is 0.366. The molecule has 2 aliphatic heterocycles. The molecule has 2 N–H and O–H groups in total. The molecule has 2 fully saturated rings. The maximum Gasteiger partial charge on any atom is 0.225 e. The molecule has 17 heavy (non-hydrogen) atoms. The molecule has 5 nitrogen and oxygen atoms in total. The van der Waals surface area contributed by atoms with Crippen molar-refractivity contribution in [2.75, 3.05) is 39.4 Å². The Kier molecular flexibility index (Phi) is 4.36. The van der Waals surface area contributed by atoms with E-state index in [1.807, 2.05) is 0 Å². The first-order valence-corrected chi connectivity index (χ1v) is 6.51. The minimum absolute atomic E-state index is 0.175. The zero-order chi connectivity index (χ0) is 12.3. The van der Waals surface area contributed by atoms with Crippen LogP contribution in [0.25, 0.3) is 0 Å². The van der Waals surface area contributed by atoms with Gasteiger partial charge in [-0.2, -0.15) is 0 Å². The second kappa shape index (κ2) is 5.80. The largest absolute Gasteiger partial charge is 0.379 e. The van der Waals surface area contributed by atoms with Crippen LogP contribution in [-0.4, -0.2) is 62.3 Å². The van der Waals surface area contributed by atoms with Gasteiger partial charge in [-0.3, -0.25) is 9.69 Å². The van der Waals surface area contributed by atoms with Crippen molar-refractivity contribution >= 4 is 5.91 Å². The van der Waals surface area contributed by atoms with Crippen LogP contribution in [-0.2, 0) is 9.53 Å². The summed E-state index contributed by atoms with van der Waals surface area (Å²) in [6.07, 6.45) is 0. The second-order valence-corrected chi connectivity index (χ2v) is 5.04. The van der Waals surface area contributed by atoms with Crippen LogP contribution >= 0.6 is 0 Å². The number of hydrogen-bond acceptors (Lipinski definition) is 4. The SMILES string of the molecule is CC(NC(=O)C1CNC1)C(C)N1CCOCC1. The second-order valence-electron chi connectivity index (χ2n) is 5.04. The van der Waals surface area contributed by atoms with Crippen LogP contribution in [0.2, 0.25) is 0 Å². The van der Waals surface area contributed by atoms with E-state index in [0.29, 0.717) is 6.04 Å². The highest BCUT2D eigenvalue weighted by Gasteiger charge is 2.28. The van der Waals surface area contributed by atoms with Crippen molar-refractivity contribution < 1.29 is 9.53 Å². The number of nitrogens with zero attached hydrogens (tertiary/aromatic N) is 1. The first-order valence-electron chi connectivity index (χ1n) is 6.51. The summed E-state index contributed by atoms with van der Waals surface area (Å²) in [4.78, 5) is 14.2. The summed E-state index contributed by atoms with van der Waals surface area (Å²) in [6, 6.07) is 0.567. The molecule has 0 aromatic rings. The molecule has 2 rings (SSSR count). The van der Waals surface area contributed by atoms with Gasteiger partial charge >= 0.3 is 0 Å². The normalized spacial score (nSPS) is 26.0. The van der Waals surface area contributed by atoms with E-state index in [0.717, 1.165) is 39.4 Å². The van der Waals surface area contributed by atoms with E-state index in [-0.39, 0.29) is 17.9 Å². The lowest BCUT2D eigenvalue weighted by Crippen LogP contribution is -2.57. The quantitative estimate of drug-likeness (QED) is 0.692. The molecule has 0 aromatic heterocycles. The topological polar surface area (TPSA) is 53.6 Å². The summed E-state index contributed by atoms with van der Waals surface area (Å²) in [7, 11) is 0. The predicted octanol–water partition coefficient (Wildman–Crippen LogP) is -0.569. The maximum atomic E-state index is 11.8. The lowest BCUT2D eigenvalue weighted by molar-refractivity contribution is -0.127. The number of rotatable bonds is 4. The van der Waals surface area contributed by atoms with Crippen molar-refractivity contribution in [1.82, 2.24) is 15.5 Å². The number of amides is 1. The molecule has 0 bridgehead atoms. The summed E-state index contributed by atoms with van der Waals surface area (Å²) < 4.78 is 5.34. The lowest BCUT2D eigenvalue weighted by atomic mass is 10.0. The monoisotopic (exact) mass is 241 g/mol. The van der Waals surface area contributed by atoms with Crippen molar-refractivity contribution in [1.29, 1.82) is 0 Å². The number of hydrogen-bond donors (Lipinski definition) is 2. The highest BCUT2D eigenvalue weighted by Crippen LogP contribution is 2.09. The highest BCUT2D eigenvalue weighted by atomic mass is 16.5. The number of carbonyl (C=O) groups is 1. The van der Waals surface area contributed by atoms with Gasteiger partial charge < -0.3 is 15.4 Å². The van der Waals surface area contributed by atoms with Gasteiger partial charge in [-0.05, 0) is 13.8 Å². The third kappa shape index (κ3) is 3.18. The fourth-order valence-electron chi connectivity index (χ4n) is 2.24. The van der Waals surface area contributed by atoms with Gasteiger partial charge in [0.15, 0.2) is 0 Å². The molecule has 2 saturated heterocycles. The van der Waals surface area contributed by atoms with Gasteiger partial charge in [-0.25, -0.2) is 0 Å². The van der Waals surface area contributed by atoms with E-state index >= 15 is 0 Å². The number of nitrogens with one attached hydrogen (secondary N) is 2. The lowest BCUT2D eigenvalue weighted by Gasteiger charge is -2.37. The minimum Gasteiger partial charge on any atom is -0.379 e. The molecular weight excluding hydrogens is 218 g/mol. The van der Waals surface area contributed by atoms with E-state index in [2.05, 4.69) is 29.4 Å². The Morgan fingerprint density at radius 1 is 1.35 bits per heavy atom. The molecule has 0 aromatic carbocycles. The summed E-state index contributed by atoms with van der Waals surface area (Å²) in [6.45, 7) is 9.45. The fourth-order valence-corrected chi connectivity index (χ4v) is 2.24. The smallest absolute Gasteiger partial charge is 0.225 e. The van der Waals surface area contributed by atoms with Gasteiger partial charge in [0, 0.05) is 38.3 Å². The Balaban J connectivity index is 1.77. The van der Waals surface area contributed by atoms with E-state index in [9.17, 15) is 4.79 Å². The number of morpholine rings is 1. The zero-order valence-corrected chi connectivity index (χ0v) is 10.7. The summed E-state index contributed by atoms with van der Waals surface area (Å²) in [5, 5.41) is 6.24. The molecule has 98 valence electrons. The Morgan fingerprint density at radius 3 is 2.53 bits per heavy atom. The highest BCUT2D eigenvalue weighted by molar-refractivity contribution is 5.80. The van der Waals surface area contributed by atoms with Crippen molar-refractivity contribution in [3.63, 3.8) is 0 Å². The van der Waals surface area contributed by atoms with E-state index in [1.54, 1.807) is 0 Å². The van der Waals surface area contributed by atoms with Gasteiger partial charge in [0.2, 0.25) is 5.91 Å². The Bertz CT molecular complexity index is 262. The molecule has 0 aliphatic carbocycles. The Morgan fingerprint density at radius 2 is 2.00 bits per heavy atom. The van der Waals surface area contributed by atoms with Crippen molar-refractivity contribution in [2.24, 2.45) is 5.92 Å². The standard InChI is InChI=1S/C12H23N3O2/c1-9(14-12(16)11-7-13-8-11)10(2)15-3-5-17-6-4-15/h9-11,13H,3-8H2,1-2H3,(H,14,16). The summed E-state index contributed by atoms with van der Waals surface area (Å²) >= 11 is 0. The molecule has 2 heterocycles. The van der Waals surface area contributed by atoms with Crippen LogP contribution in [0.3, 0.4) is 0 Å². The van der Waals surface area contributed by atoms with E-state index < -0.39 is 0 Å².